The second-order valence-electron chi connectivity index (χ2n) is 6.14. The molecule has 1 atom stereocenters. The highest BCUT2D eigenvalue weighted by atomic mass is 16.4. The first-order valence-corrected chi connectivity index (χ1v) is 8.48. The molecule has 0 heterocycles. The van der Waals surface area contributed by atoms with Gasteiger partial charge >= 0.3 is 5.97 Å². The van der Waals surface area contributed by atoms with Crippen LogP contribution in [0.15, 0.2) is 0 Å². The summed E-state index contributed by atoms with van der Waals surface area (Å²) in [5, 5.41) is 9.06. The fourth-order valence-electron chi connectivity index (χ4n) is 2.60. The third-order valence-electron chi connectivity index (χ3n) is 3.99. The summed E-state index contributed by atoms with van der Waals surface area (Å²) >= 11 is 0. The van der Waals surface area contributed by atoms with Gasteiger partial charge in [0.05, 0.1) is 0 Å². The highest BCUT2D eigenvalue weighted by Crippen LogP contribution is 2.13. The van der Waals surface area contributed by atoms with Gasteiger partial charge in [-0.05, 0) is 20.5 Å². The van der Waals surface area contributed by atoms with Crippen molar-refractivity contribution in [1.29, 1.82) is 0 Å². The van der Waals surface area contributed by atoms with Crippen LogP contribution in [0.2, 0.25) is 0 Å². The molecular weight excluding hydrogens is 250 g/mol. The van der Waals surface area contributed by atoms with Crippen LogP contribution in [0.3, 0.4) is 0 Å². The zero-order valence-corrected chi connectivity index (χ0v) is 13.9. The Morgan fingerprint density at radius 2 is 1.25 bits per heavy atom. The summed E-state index contributed by atoms with van der Waals surface area (Å²) in [6, 6.07) is -0.312. The molecule has 0 fully saturated rings. The SMILES string of the molecule is CCCCCCCCCCCCCC(C(=O)O)N(C)C. The van der Waals surface area contributed by atoms with Gasteiger partial charge in [0, 0.05) is 0 Å². The van der Waals surface area contributed by atoms with Gasteiger partial charge in [-0.1, -0.05) is 77.6 Å². The van der Waals surface area contributed by atoms with Crippen molar-refractivity contribution < 1.29 is 9.90 Å². The molecule has 0 saturated carbocycles. The van der Waals surface area contributed by atoms with E-state index in [0.717, 1.165) is 12.8 Å². The first-order chi connectivity index (χ1) is 9.59. The maximum atomic E-state index is 11.0. The lowest BCUT2D eigenvalue weighted by Gasteiger charge is -2.19. The fourth-order valence-corrected chi connectivity index (χ4v) is 2.60. The molecule has 0 rings (SSSR count). The average Bonchev–Trinajstić information content (AvgIpc) is 2.39. The van der Waals surface area contributed by atoms with E-state index in [1.807, 2.05) is 14.1 Å². The number of aliphatic carboxylic acids is 1. The minimum atomic E-state index is -0.693. The number of rotatable bonds is 14. The Hall–Kier alpha value is -0.570. The number of nitrogens with zero attached hydrogens (tertiary/aromatic N) is 1. The van der Waals surface area contributed by atoms with Crippen molar-refractivity contribution in [1.82, 2.24) is 4.90 Å². The summed E-state index contributed by atoms with van der Waals surface area (Å²) < 4.78 is 0. The van der Waals surface area contributed by atoms with Crippen LogP contribution in [-0.4, -0.2) is 36.1 Å². The molecule has 0 aromatic carbocycles. The molecule has 0 aliphatic carbocycles. The number of carboxylic acids is 1. The highest BCUT2D eigenvalue weighted by molar-refractivity contribution is 5.73. The summed E-state index contributed by atoms with van der Waals surface area (Å²) in [6.45, 7) is 2.26. The van der Waals surface area contributed by atoms with Crippen molar-refractivity contribution in [3.8, 4) is 0 Å². The minimum Gasteiger partial charge on any atom is -0.480 e. The van der Waals surface area contributed by atoms with Crippen molar-refractivity contribution in [2.75, 3.05) is 14.1 Å². The third kappa shape index (κ3) is 11.3. The molecule has 20 heavy (non-hydrogen) atoms. The summed E-state index contributed by atoms with van der Waals surface area (Å²) in [5.74, 6) is -0.693. The molecule has 0 aromatic rings. The summed E-state index contributed by atoms with van der Waals surface area (Å²) in [5.41, 5.74) is 0. The largest absolute Gasteiger partial charge is 0.480 e. The van der Waals surface area contributed by atoms with Crippen molar-refractivity contribution >= 4 is 5.97 Å². The van der Waals surface area contributed by atoms with Crippen LogP contribution in [0.25, 0.3) is 0 Å². The number of likely N-dealkylation sites (N-methyl/N-ethyl adjacent to an activating group) is 1. The van der Waals surface area contributed by atoms with Gasteiger partial charge in [-0.3, -0.25) is 9.69 Å². The summed E-state index contributed by atoms with van der Waals surface area (Å²) in [7, 11) is 3.69. The van der Waals surface area contributed by atoms with Crippen LogP contribution in [0, 0.1) is 0 Å². The van der Waals surface area contributed by atoms with Crippen molar-refractivity contribution in [2.24, 2.45) is 0 Å². The molecular formula is C17H35NO2. The molecule has 120 valence electrons. The molecule has 3 heteroatoms. The Morgan fingerprint density at radius 1 is 0.850 bits per heavy atom. The molecule has 0 amide bonds. The van der Waals surface area contributed by atoms with Gasteiger partial charge in [0.1, 0.15) is 6.04 Å². The van der Waals surface area contributed by atoms with E-state index in [1.165, 1.54) is 64.2 Å². The van der Waals surface area contributed by atoms with E-state index in [9.17, 15) is 4.79 Å². The standard InChI is InChI=1S/C17H35NO2/c1-4-5-6-7-8-9-10-11-12-13-14-15-16(17(19)20)18(2)3/h16H,4-15H2,1-3H3,(H,19,20). The molecule has 3 nitrogen and oxygen atoms in total. The van der Waals surface area contributed by atoms with Gasteiger partial charge in [0.15, 0.2) is 0 Å². The van der Waals surface area contributed by atoms with E-state index in [0.29, 0.717) is 0 Å². The van der Waals surface area contributed by atoms with Crippen molar-refractivity contribution in [3.05, 3.63) is 0 Å². The van der Waals surface area contributed by atoms with Crippen molar-refractivity contribution in [2.45, 2.75) is 90.0 Å². The smallest absolute Gasteiger partial charge is 0.320 e. The Bertz CT molecular complexity index is 229. The minimum absolute atomic E-state index is 0.312. The molecule has 0 radical (unpaired) electrons. The molecule has 0 aliphatic heterocycles. The Labute approximate surface area is 125 Å². The topological polar surface area (TPSA) is 40.5 Å². The first kappa shape index (κ1) is 19.4. The van der Waals surface area contributed by atoms with Crippen LogP contribution in [0.1, 0.15) is 84.0 Å². The highest BCUT2D eigenvalue weighted by Gasteiger charge is 2.18. The van der Waals surface area contributed by atoms with Gasteiger partial charge in [-0.25, -0.2) is 0 Å². The molecule has 0 spiro atoms. The molecule has 1 N–H and O–H groups in total. The Morgan fingerprint density at radius 3 is 1.60 bits per heavy atom. The monoisotopic (exact) mass is 285 g/mol. The lowest BCUT2D eigenvalue weighted by atomic mass is 10.0. The van der Waals surface area contributed by atoms with E-state index < -0.39 is 5.97 Å². The normalized spacial score (nSPS) is 12.8. The lowest BCUT2D eigenvalue weighted by Crippen LogP contribution is -2.35. The van der Waals surface area contributed by atoms with Crippen LogP contribution in [0.4, 0.5) is 0 Å². The molecule has 0 aromatic heterocycles. The van der Waals surface area contributed by atoms with Gasteiger partial charge in [-0.15, -0.1) is 0 Å². The quantitative estimate of drug-likeness (QED) is 0.470. The van der Waals surface area contributed by atoms with Gasteiger partial charge in [0.2, 0.25) is 0 Å². The van der Waals surface area contributed by atoms with Crippen LogP contribution in [0.5, 0.6) is 0 Å². The number of carbonyl (C=O) groups is 1. The van der Waals surface area contributed by atoms with E-state index in [-0.39, 0.29) is 6.04 Å². The van der Waals surface area contributed by atoms with Crippen LogP contribution >= 0.6 is 0 Å². The van der Waals surface area contributed by atoms with Crippen LogP contribution < -0.4 is 0 Å². The average molecular weight is 285 g/mol. The second-order valence-corrected chi connectivity index (χ2v) is 6.14. The van der Waals surface area contributed by atoms with E-state index >= 15 is 0 Å². The predicted octanol–water partition coefficient (Wildman–Crippen LogP) is 4.70. The lowest BCUT2D eigenvalue weighted by molar-refractivity contribution is -0.142. The first-order valence-electron chi connectivity index (χ1n) is 8.48. The predicted molar refractivity (Wildman–Crippen MR) is 86.2 cm³/mol. The fraction of sp³-hybridized carbons (Fsp3) is 0.941. The van der Waals surface area contributed by atoms with Crippen molar-refractivity contribution in [3.63, 3.8) is 0 Å². The Kier molecular flexibility index (Phi) is 13.0. The number of hydrogen-bond acceptors (Lipinski definition) is 2. The molecule has 0 bridgehead atoms. The van der Waals surface area contributed by atoms with Gasteiger partial charge < -0.3 is 5.11 Å². The zero-order chi connectivity index (χ0) is 15.2. The zero-order valence-electron chi connectivity index (χ0n) is 13.9. The molecule has 1 unspecified atom stereocenters. The molecule has 0 saturated heterocycles. The number of hydrogen-bond donors (Lipinski definition) is 1. The van der Waals surface area contributed by atoms with E-state index in [2.05, 4.69) is 6.92 Å². The maximum absolute atomic E-state index is 11.0. The number of carboxylic acid groups (broad SMARTS) is 1. The maximum Gasteiger partial charge on any atom is 0.320 e. The number of unbranched alkanes of at least 4 members (excludes halogenated alkanes) is 10. The summed E-state index contributed by atoms with van der Waals surface area (Å²) in [6.07, 6.45) is 15.2. The van der Waals surface area contributed by atoms with E-state index in [4.69, 9.17) is 5.11 Å². The van der Waals surface area contributed by atoms with E-state index in [1.54, 1.807) is 4.90 Å². The van der Waals surface area contributed by atoms with Crippen LogP contribution in [-0.2, 0) is 4.79 Å². The summed E-state index contributed by atoms with van der Waals surface area (Å²) in [4.78, 5) is 12.8. The Balaban J connectivity index is 3.29. The molecule has 0 aliphatic rings. The third-order valence-corrected chi connectivity index (χ3v) is 3.99. The van der Waals surface area contributed by atoms with Gasteiger partial charge in [-0.2, -0.15) is 0 Å². The van der Waals surface area contributed by atoms with Gasteiger partial charge in [0.25, 0.3) is 0 Å². The second kappa shape index (κ2) is 13.4.